The molecule has 6 heteroatoms. The van der Waals surface area contributed by atoms with Crippen LogP contribution in [0.3, 0.4) is 0 Å². The van der Waals surface area contributed by atoms with Crippen LogP contribution in [-0.2, 0) is 17.8 Å². The van der Waals surface area contributed by atoms with Crippen LogP contribution in [0.5, 0.6) is 5.75 Å². The Morgan fingerprint density at radius 2 is 1.87 bits per heavy atom. The van der Waals surface area contributed by atoms with Crippen LogP contribution in [0.2, 0.25) is 0 Å². The summed E-state index contributed by atoms with van der Waals surface area (Å²) in [7, 11) is 0. The number of rotatable bonds is 6. The summed E-state index contributed by atoms with van der Waals surface area (Å²) in [5.41, 5.74) is 2.38. The lowest BCUT2D eigenvalue weighted by Gasteiger charge is -2.33. The second-order valence-corrected chi connectivity index (χ2v) is 8.10. The fourth-order valence-electron chi connectivity index (χ4n) is 4.19. The van der Waals surface area contributed by atoms with Gasteiger partial charge in [-0.15, -0.1) is 0 Å². The molecule has 4 rings (SSSR count). The SMILES string of the molecule is CCc1cc(=O)oc2cc(O[C@H](C)C(=O)N3CC[NH+](Cc4ccccc4)CC3)ccc12. The van der Waals surface area contributed by atoms with Crippen molar-refractivity contribution < 1.29 is 18.8 Å². The van der Waals surface area contributed by atoms with Crippen molar-refractivity contribution in [3.63, 3.8) is 0 Å². The molecule has 1 N–H and O–H groups in total. The summed E-state index contributed by atoms with van der Waals surface area (Å²) in [5.74, 6) is 0.515. The van der Waals surface area contributed by atoms with E-state index < -0.39 is 6.10 Å². The largest absolute Gasteiger partial charge is 0.481 e. The average molecular weight is 422 g/mol. The van der Waals surface area contributed by atoms with E-state index in [4.69, 9.17) is 9.15 Å². The van der Waals surface area contributed by atoms with Crippen LogP contribution < -0.4 is 15.3 Å². The monoisotopic (exact) mass is 421 g/mol. The Labute approximate surface area is 182 Å². The maximum absolute atomic E-state index is 12.9. The van der Waals surface area contributed by atoms with Crippen LogP contribution in [0.4, 0.5) is 0 Å². The van der Waals surface area contributed by atoms with Gasteiger partial charge in [0, 0.05) is 23.1 Å². The van der Waals surface area contributed by atoms with Crippen LogP contribution in [0.1, 0.15) is 25.0 Å². The van der Waals surface area contributed by atoms with Gasteiger partial charge in [0.1, 0.15) is 17.9 Å². The lowest BCUT2D eigenvalue weighted by molar-refractivity contribution is -0.917. The fraction of sp³-hybridized carbons (Fsp3) is 0.360. The second kappa shape index (κ2) is 9.35. The number of aryl methyl sites for hydroxylation is 1. The third kappa shape index (κ3) is 4.97. The van der Waals surface area contributed by atoms with E-state index in [1.165, 1.54) is 16.5 Å². The molecule has 0 unspecified atom stereocenters. The van der Waals surface area contributed by atoms with Crippen molar-refractivity contribution in [2.75, 3.05) is 26.2 Å². The van der Waals surface area contributed by atoms with E-state index in [0.29, 0.717) is 11.3 Å². The summed E-state index contributed by atoms with van der Waals surface area (Å²) in [6, 6.07) is 17.4. The molecule has 1 fully saturated rings. The summed E-state index contributed by atoms with van der Waals surface area (Å²) in [6.45, 7) is 8.05. The van der Waals surface area contributed by atoms with Gasteiger partial charge in [0.05, 0.1) is 26.2 Å². The number of carbonyl (C=O) groups is 1. The number of ether oxygens (including phenoxy) is 1. The van der Waals surface area contributed by atoms with Crippen molar-refractivity contribution >= 4 is 16.9 Å². The van der Waals surface area contributed by atoms with Crippen LogP contribution in [0.25, 0.3) is 11.0 Å². The molecule has 1 saturated heterocycles. The molecule has 3 aromatic rings. The van der Waals surface area contributed by atoms with Gasteiger partial charge in [-0.3, -0.25) is 4.79 Å². The Morgan fingerprint density at radius 3 is 2.58 bits per heavy atom. The minimum absolute atomic E-state index is 0.0115. The van der Waals surface area contributed by atoms with Crippen molar-refractivity contribution in [2.45, 2.75) is 32.9 Å². The number of benzene rings is 2. The van der Waals surface area contributed by atoms with Crippen LogP contribution in [0, 0.1) is 0 Å². The van der Waals surface area contributed by atoms with Crippen LogP contribution in [-0.4, -0.2) is 43.1 Å². The van der Waals surface area contributed by atoms with E-state index in [2.05, 4.69) is 24.3 Å². The van der Waals surface area contributed by atoms with Gasteiger partial charge in [0.15, 0.2) is 6.10 Å². The first kappa shape index (κ1) is 21.1. The molecular formula is C25H29N2O4+. The number of quaternary nitrogens is 1. The van der Waals surface area contributed by atoms with Gasteiger partial charge >= 0.3 is 5.63 Å². The number of nitrogens with one attached hydrogen (secondary N) is 1. The van der Waals surface area contributed by atoms with Gasteiger partial charge in [-0.05, 0) is 31.0 Å². The number of carbonyl (C=O) groups excluding carboxylic acids is 1. The van der Waals surface area contributed by atoms with Gasteiger partial charge in [-0.2, -0.15) is 0 Å². The van der Waals surface area contributed by atoms with Gasteiger partial charge in [0.25, 0.3) is 5.91 Å². The average Bonchev–Trinajstić information content (AvgIpc) is 2.79. The van der Waals surface area contributed by atoms with Crippen molar-refractivity contribution in [2.24, 2.45) is 0 Å². The summed E-state index contributed by atoms with van der Waals surface area (Å²) >= 11 is 0. The Kier molecular flexibility index (Phi) is 6.37. The maximum Gasteiger partial charge on any atom is 0.336 e. The molecule has 0 saturated carbocycles. The fourth-order valence-corrected chi connectivity index (χ4v) is 4.19. The minimum atomic E-state index is -0.603. The third-order valence-corrected chi connectivity index (χ3v) is 5.92. The van der Waals surface area contributed by atoms with Crippen LogP contribution >= 0.6 is 0 Å². The molecule has 1 aromatic heterocycles. The molecular weight excluding hydrogens is 392 g/mol. The molecule has 2 aromatic carbocycles. The number of hydrogen-bond acceptors (Lipinski definition) is 4. The van der Waals surface area contributed by atoms with E-state index in [0.717, 1.165) is 50.1 Å². The maximum atomic E-state index is 12.9. The third-order valence-electron chi connectivity index (χ3n) is 5.92. The van der Waals surface area contributed by atoms with Gasteiger partial charge in [-0.25, -0.2) is 4.79 Å². The summed E-state index contributed by atoms with van der Waals surface area (Å²) in [4.78, 5) is 28.1. The van der Waals surface area contributed by atoms with E-state index in [1.807, 2.05) is 30.0 Å². The first-order valence-corrected chi connectivity index (χ1v) is 10.9. The van der Waals surface area contributed by atoms with Crippen molar-refractivity contribution in [3.05, 3.63) is 76.1 Å². The first-order chi connectivity index (χ1) is 15.0. The molecule has 1 atom stereocenters. The predicted octanol–water partition coefficient (Wildman–Crippen LogP) is 2.05. The Morgan fingerprint density at radius 1 is 1.13 bits per heavy atom. The Balaban J connectivity index is 1.36. The summed E-state index contributed by atoms with van der Waals surface area (Å²) in [6.07, 6.45) is 0.143. The second-order valence-electron chi connectivity index (χ2n) is 8.10. The summed E-state index contributed by atoms with van der Waals surface area (Å²) < 4.78 is 11.2. The topological polar surface area (TPSA) is 64.2 Å². The van der Waals surface area contributed by atoms with Gasteiger partial charge in [-0.1, -0.05) is 37.3 Å². The zero-order valence-corrected chi connectivity index (χ0v) is 18.1. The summed E-state index contributed by atoms with van der Waals surface area (Å²) in [5, 5.41) is 0.894. The van der Waals surface area contributed by atoms with Gasteiger partial charge in [0.2, 0.25) is 0 Å². The molecule has 0 bridgehead atoms. The molecule has 2 heterocycles. The highest BCUT2D eigenvalue weighted by molar-refractivity contribution is 5.83. The van der Waals surface area contributed by atoms with Crippen molar-refractivity contribution in [3.8, 4) is 5.75 Å². The van der Waals surface area contributed by atoms with E-state index in [9.17, 15) is 9.59 Å². The van der Waals surface area contributed by atoms with Crippen molar-refractivity contribution in [1.82, 2.24) is 4.90 Å². The number of piperazine rings is 1. The molecule has 6 nitrogen and oxygen atoms in total. The smallest absolute Gasteiger partial charge is 0.336 e. The Bertz CT molecular complexity index is 1100. The number of fused-ring (bicyclic) bond motifs is 1. The minimum Gasteiger partial charge on any atom is -0.481 e. The highest BCUT2D eigenvalue weighted by Crippen LogP contribution is 2.24. The predicted molar refractivity (Wildman–Crippen MR) is 119 cm³/mol. The zero-order chi connectivity index (χ0) is 21.8. The molecule has 1 aliphatic rings. The molecule has 0 radical (unpaired) electrons. The molecule has 31 heavy (non-hydrogen) atoms. The lowest BCUT2D eigenvalue weighted by Crippen LogP contribution is -3.13. The molecule has 162 valence electrons. The first-order valence-electron chi connectivity index (χ1n) is 10.9. The quantitative estimate of drug-likeness (QED) is 0.619. The van der Waals surface area contributed by atoms with E-state index in [1.54, 1.807) is 13.0 Å². The zero-order valence-electron chi connectivity index (χ0n) is 18.1. The van der Waals surface area contributed by atoms with E-state index in [-0.39, 0.29) is 11.5 Å². The number of amides is 1. The molecule has 1 aliphatic heterocycles. The van der Waals surface area contributed by atoms with E-state index >= 15 is 0 Å². The van der Waals surface area contributed by atoms with Gasteiger partial charge < -0.3 is 19.0 Å². The molecule has 0 aliphatic carbocycles. The normalized spacial score (nSPS) is 15.7. The van der Waals surface area contributed by atoms with Crippen LogP contribution in [0.15, 0.2) is 63.8 Å². The highest BCUT2D eigenvalue weighted by atomic mass is 16.5. The number of hydrogen-bond donors (Lipinski definition) is 1. The molecule has 0 spiro atoms. The number of nitrogens with zero attached hydrogens (tertiary/aromatic N) is 1. The Hall–Kier alpha value is -3.12. The lowest BCUT2D eigenvalue weighted by atomic mass is 10.1. The highest BCUT2D eigenvalue weighted by Gasteiger charge is 2.28. The molecule has 1 amide bonds. The van der Waals surface area contributed by atoms with Crippen molar-refractivity contribution in [1.29, 1.82) is 0 Å². The standard InChI is InChI=1S/C25H28N2O4/c1-3-20-15-24(28)31-23-16-21(9-10-22(20)23)30-18(2)25(29)27-13-11-26(12-14-27)17-19-7-5-4-6-8-19/h4-10,15-16,18H,3,11-14,17H2,1-2H3/p+1/t18-/m1/s1.